The summed E-state index contributed by atoms with van der Waals surface area (Å²) in [4.78, 5) is 11.9. The molecule has 2 aromatic rings. The van der Waals surface area contributed by atoms with Crippen LogP contribution in [0.3, 0.4) is 0 Å². The first-order chi connectivity index (χ1) is 12.5. The third-order valence-corrected chi connectivity index (χ3v) is 7.45. The molecule has 4 rings (SSSR count). The SMILES string of the molecule is O=C(O)C1CC2CCCCC2N1S(=O)(=O)c1ccccc1-c1ccno1. The molecule has 2 aliphatic rings. The summed E-state index contributed by atoms with van der Waals surface area (Å²) in [7, 11) is -4.00. The second-order valence-electron chi connectivity index (χ2n) is 6.91. The number of aliphatic carboxylic acids is 1. The number of hydrogen-bond donors (Lipinski definition) is 1. The van der Waals surface area contributed by atoms with Crippen molar-refractivity contribution in [2.75, 3.05) is 0 Å². The van der Waals surface area contributed by atoms with Crippen LogP contribution in [-0.4, -0.2) is 41.0 Å². The molecule has 1 aliphatic heterocycles. The molecule has 0 spiro atoms. The minimum atomic E-state index is -4.00. The summed E-state index contributed by atoms with van der Waals surface area (Å²) in [5, 5.41) is 13.3. The van der Waals surface area contributed by atoms with E-state index in [1.807, 2.05) is 0 Å². The average Bonchev–Trinajstić information content (AvgIpc) is 3.29. The standard InChI is InChI=1S/C18H20N2O5S/c21-18(22)15-11-12-5-1-3-7-14(12)20(15)26(23,24)17-8-4-2-6-13(17)16-9-10-19-25-16/h2,4,6,8-10,12,14-15H,1,3,5,7,11H2,(H,21,22). The molecule has 3 unspecified atom stereocenters. The van der Waals surface area contributed by atoms with Gasteiger partial charge in [-0.05, 0) is 37.3 Å². The third kappa shape index (κ3) is 2.73. The van der Waals surface area contributed by atoms with E-state index in [2.05, 4.69) is 5.16 Å². The van der Waals surface area contributed by atoms with E-state index in [1.165, 1.54) is 16.6 Å². The zero-order valence-electron chi connectivity index (χ0n) is 14.1. The van der Waals surface area contributed by atoms with Gasteiger partial charge in [0.15, 0.2) is 5.76 Å². The number of fused-ring (bicyclic) bond motifs is 1. The smallest absolute Gasteiger partial charge is 0.322 e. The number of hydrogen-bond acceptors (Lipinski definition) is 5. The number of carbonyl (C=O) groups is 1. The van der Waals surface area contributed by atoms with E-state index in [4.69, 9.17) is 4.52 Å². The van der Waals surface area contributed by atoms with E-state index in [0.29, 0.717) is 24.2 Å². The fourth-order valence-corrected chi connectivity index (χ4v) is 6.41. The second kappa shape index (κ2) is 6.51. The van der Waals surface area contributed by atoms with Crippen molar-refractivity contribution < 1.29 is 22.8 Å². The topological polar surface area (TPSA) is 101 Å². The Morgan fingerprint density at radius 3 is 2.69 bits per heavy atom. The fourth-order valence-electron chi connectivity index (χ4n) is 4.34. The summed E-state index contributed by atoms with van der Waals surface area (Å²) < 4.78 is 33.4. The van der Waals surface area contributed by atoms with Gasteiger partial charge in [0, 0.05) is 17.7 Å². The number of carboxylic acid groups (broad SMARTS) is 1. The Morgan fingerprint density at radius 2 is 1.96 bits per heavy atom. The van der Waals surface area contributed by atoms with E-state index in [9.17, 15) is 18.3 Å². The van der Waals surface area contributed by atoms with E-state index >= 15 is 0 Å². The van der Waals surface area contributed by atoms with Crippen LogP contribution in [0.25, 0.3) is 11.3 Å². The number of aromatic nitrogens is 1. The highest BCUT2D eigenvalue weighted by molar-refractivity contribution is 7.89. The van der Waals surface area contributed by atoms with Gasteiger partial charge in [0.2, 0.25) is 10.0 Å². The van der Waals surface area contributed by atoms with E-state index < -0.39 is 22.0 Å². The van der Waals surface area contributed by atoms with Crippen molar-refractivity contribution in [3.05, 3.63) is 36.5 Å². The Hall–Kier alpha value is -2.19. The van der Waals surface area contributed by atoms with Crippen LogP contribution in [0.1, 0.15) is 32.1 Å². The van der Waals surface area contributed by atoms with Crippen molar-refractivity contribution in [2.45, 2.75) is 49.1 Å². The predicted octanol–water partition coefficient (Wildman–Crippen LogP) is 2.75. The summed E-state index contributed by atoms with van der Waals surface area (Å²) >= 11 is 0. The first-order valence-electron chi connectivity index (χ1n) is 8.76. The molecule has 1 aromatic heterocycles. The molecular weight excluding hydrogens is 356 g/mol. The number of benzene rings is 1. The number of rotatable bonds is 4. The molecule has 0 amide bonds. The van der Waals surface area contributed by atoms with Crippen LogP contribution >= 0.6 is 0 Å². The van der Waals surface area contributed by atoms with Gasteiger partial charge < -0.3 is 9.63 Å². The Balaban J connectivity index is 1.82. The summed E-state index contributed by atoms with van der Waals surface area (Å²) in [6, 6.07) is 6.83. The van der Waals surface area contributed by atoms with Crippen molar-refractivity contribution in [3.63, 3.8) is 0 Å². The first kappa shape index (κ1) is 17.2. The monoisotopic (exact) mass is 376 g/mol. The van der Waals surface area contributed by atoms with Gasteiger partial charge in [-0.15, -0.1) is 0 Å². The van der Waals surface area contributed by atoms with Crippen LogP contribution in [0, 0.1) is 5.92 Å². The lowest BCUT2D eigenvalue weighted by molar-refractivity contribution is -0.141. The summed E-state index contributed by atoms with van der Waals surface area (Å²) in [5.41, 5.74) is 0.397. The highest BCUT2D eigenvalue weighted by Crippen LogP contribution is 2.44. The van der Waals surface area contributed by atoms with Crippen LogP contribution < -0.4 is 0 Å². The van der Waals surface area contributed by atoms with Crippen molar-refractivity contribution in [1.29, 1.82) is 0 Å². The molecule has 1 N–H and O–H groups in total. The average molecular weight is 376 g/mol. The van der Waals surface area contributed by atoms with Crippen LogP contribution in [0.5, 0.6) is 0 Å². The summed E-state index contributed by atoms with van der Waals surface area (Å²) in [5.74, 6) is -0.632. The molecule has 1 aliphatic carbocycles. The van der Waals surface area contributed by atoms with E-state index in [0.717, 1.165) is 19.3 Å². The van der Waals surface area contributed by atoms with Gasteiger partial charge in [0.05, 0.1) is 11.1 Å². The molecule has 0 radical (unpaired) electrons. The van der Waals surface area contributed by atoms with Crippen LogP contribution in [0.15, 0.2) is 45.9 Å². The molecule has 1 saturated carbocycles. The van der Waals surface area contributed by atoms with Gasteiger partial charge in [-0.2, -0.15) is 4.31 Å². The lowest BCUT2D eigenvalue weighted by Crippen LogP contribution is -2.46. The maximum Gasteiger partial charge on any atom is 0.322 e. The van der Waals surface area contributed by atoms with Crippen molar-refractivity contribution >= 4 is 16.0 Å². The van der Waals surface area contributed by atoms with Crippen molar-refractivity contribution in [1.82, 2.24) is 9.46 Å². The molecular formula is C18H20N2O5S. The van der Waals surface area contributed by atoms with Gasteiger partial charge in [-0.3, -0.25) is 4.79 Å². The highest BCUT2D eigenvalue weighted by Gasteiger charge is 2.51. The molecule has 26 heavy (non-hydrogen) atoms. The van der Waals surface area contributed by atoms with Gasteiger partial charge in [-0.25, -0.2) is 8.42 Å². The number of nitrogens with zero attached hydrogens (tertiary/aromatic N) is 2. The Kier molecular flexibility index (Phi) is 4.32. The van der Waals surface area contributed by atoms with Crippen LogP contribution in [-0.2, 0) is 14.8 Å². The normalized spacial score (nSPS) is 26.5. The number of sulfonamides is 1. The zero-order chi connectivity index (χ0) is 18.3. The fraction of sp³-hybridized carbons (Fsp3) is 0.444. The Labute approximate surface area is 151 Å². The quantitative estimate of drug-likeness (QED) is 0.880. The second-order valence-corrected chi connectivity index (χ2v) is 8.72. The zero-order valence-corrected chi connectivity index (χ0v) is 14.9. The minimum absolute atomic E-state index is 0.0641. The Morgan fingerprint density at radius 1 is 1.19 bits per heavy atom. The molecule has 138 valence electrons. The van der Waals surface area contributed by atoms with Crippen LogP contribution in [0.4, 0.5) is 0 Å². The van der Waals surface area contributed by atoms with Gasteiger partial charge in [0.25, 0.3) is 0 Å². The molecule has 1 saturated heterocycles. The molecule has 0 bridgehead atoms. The lowest BCUT2D eigenvalue weighted by atomic mass is 9.85. The molecule has 3 atom stereocenters. The number of carboxylic acids is 1. The third-order valence-electron chi connectivity index (χ3n) is 5.46. The summed E-state index contributed by atoms with van der Waals surface area (Å²) in [6.07, 6.45) is 5.36. The maximum atomic E-state index is 13.5. The Bertz CT molecular complexity index is 909. The molecule has 7 nitrogen and oxygen atoms in total. The largest absolute Gasteiger partial charge is 0.480 e. The van der Waals surface area contributed by atoms with E-state index in [-0.39, 0.29) is 16.9 Å². The first-order valence-corrected chi connectivity index (χ1v) is 10.2. The highest BCUT2D eigenvalue weighted by atomic mass is 32.2. The molecule has 8 heteroatoms. The van der Waals surface area contributed by atoms with Gasteiger partial charge in [0.1, 0.15) is 6.04 Å². The lowest BCUT2D eigenvalue weighted by Gasteiger charge is -2.32. The van der Waals surface area contributed by atoms with Gasteiger partial charge >= 0.3 is 5.97 Å². The van der Waals surface area contributed by atoms with Crippen LogP contribution in [0.2, 0.25) is 0 Å². The summed E-state index contributed by atoms with van der Waals surface area (Å²) in [6.45, 7) is 0. The van der Waals surface area contributed by atoms with Crippen molar-refractivity contribution in [3.8, 4) is 11.3 Å². The van der Waals surface area contributed by atoms with Crippen molar-refractivity contribution in [2.24, 2.45) is 5.92 Å². The predicted molar refractivity (Wildman–Crippen MR) is 92.8 cm³/mol. The minimum Gasteiger partial charge on any atom is -0.480 e. The van der Waals surface area contributed by atoms with E-state index in [1.54, 1.807) is 24.3 Å². The maximum absolute atomic E-state index is 13.5. The van der Waals surface area contributed by atoms with Gasteiger partial charge in [-0.1, -0.05) is 30.1 Å². The molecule has 2 heterocycles. The molecule has 1 aromatic carbocycles. The molecule has 2 fully saturated rings.